The Morgan fingerprint density at radius 1 is 1.43 bits per heavy atom. The van der Waals surface area contributed by atoms with Gasteiger partial charge in [-0.05, 0) is 40.0 Å². The van der Waals surface area contributed by atoms with E-state index in [-0.39, 0.29) is 11.4 Å². The normalized spacial score (nSPS) is 24.2. The number of nitrogens with zero attached hydrogens (tertiary/aromatic N) is 1. The highest BCUT2D eigenvalue weighted by molar-refractivity contribution is 6.08. The zero-order chi connectivity index (χ0) is 10.4. The van der Waals surface area contributed by atoms with Crippen LogP contribution in [0.5, 0.6) is 0 Å². The molecular formula is C10H17N3O. The molecule has 1 heterocycles. The van der Waals surface area contributed by atoms with Crippen molar-refractivity contribution in [3.8, 4) is 0 Å². The zero-order valence-electron chi connectivity index (χ0n) is 8.98. The molecule has 2 aliphatic rings. The van der Waals surface area contributed by atoms with E-state index in [0.717, 1.165) is 19.3 Å². The molecule has 0 bridgehead atoms. The maximum absolute atomic E-state index is 11.6. The third-order valence-corrected chi connectivity index (χ3v) is 2.65. The highest BCUT2D eigenvalue weighted by Crippen LogP contribution is 2.38. The Morgan fingerprint density at radius 3 is 2.43 bits per heavy atom. The van der Waals surface area contributed by atoms with Crippen LogP contribution in [0.25, 0.3) is 0 Å². The summed E-state index contributed by atoms with van der Waals surface area (Å²) < 4.78 is 0. The molecule has 1 saturated carbocycles. The molecule has 0 saturated heterocycles. The third kappa shape index (κ3) is 1.49. The lowest BCUT2D eigenvalue weighted by Crippen LogP contribution is -2.48. The summed E-state index contributed by atoms with van der Waals surface area (Å²) in [5.41, 5.74) is -0.463. The lowest BCUT2D eigenvalue weighted by Gasteiger charge is -2.31. The van der Waals surface area contributed by atoms with Crippen LogP contribution in [0, 0.1) is 0 Å². The predicted molar refractivity (Wildman–Crippen MR) is 55.0 cm³/mol. The summed E-state index contributed by atoms with van der Waals surface area (Å²) >= 11 is 0. The number of carbonyl (C=O) groups excluding carboxylic acids is 1. The van der Waals surface area contributed by atoms with Crippen LogP contribution in [0.4, 0.5) is 0 Å². The minimum absolute atomic E-state index is 0.0542. The molecule has 1 amide bonds. The quantitative estimate of drug-likeness (QED) is 0.600. The molecule has 0 radical (unpaired) electrons. The first-order valence-electron chi connectivity index (χ1n) is 5.11. The topological polar surface area (TPSA) is 53.5 Å². The van der Waals surface area contributed by atoms with Crippen molar-refractivity contribution in [2.75, 3.05) is 0 Å². The van der Waals surface area contributed by atoms with Gasteiger partial charge in [0, 0.05) is 5.54 Å². The molecular weight excluding hydrogens is 178 g/mol. The van der Waals surface area contributed by atoms with E-state index >= 15 is 0 Å². The standard InChI is InChI=1S/C10H17N3O/c1-9(2,3)12-8-11-7(14)10(13-8)5-4-6-10/h4-6H2,1-3H3,(H2,11,12,13,14). The first kappa shape index (κ1) is 9.49. The predicted octanol–water partition coefficient (Wildman–Crippen LogP) is 0.783. The van der Waals surface area contributed by atoms with Crippen molar-refractivity contribution in [2.24, 2.45) is 4.99 Å². The van der Waals surface area contributed by atoms with Gasteiger partial charge in [0.05, 0.1) is 0 Å². The van der Waals surface area contributed by atoms with Crippen molar-refractivity contribution >= 4 is 11.9 Å². The van der Waals surface area contributed by atoms with Crippen molar-refractivity contribution < 1.29 is 4.79 Å². The Hall–Kier alpha value is -1.06. The van der Waals surface area contributed by atoms with Crippen LogP contribution in [0.1, 0.15) is 40.0 Å². The second-order valence-electron chi connectivity index (χ2n) is 5.17. The van der Waals surface area contributed by atoms with Gasteiger partial charge in [-0.2, -0.15) is 0 Å². The summed E-state index contributed by atoms with van der Waals surface area (Å²) in [5.74, 6) is 0.706. The number of nitrogens with one attached hydrogen (secondary N) is 2. The van der Waals surface area contributed by atoms with E-state index in [1.807, 2.05) is 20.8 Å². The maximum atomic E-state index is 11.6. The number of hydrogen-bond donors (Lipinski definition) is 2. The Bertz CT molecular complexity index is 297. The Balaban J connectivity index is 2.09. The Morgan fingerprint density at radius 2 is 2.07 bits per heavy atom. The van der Waals surface area contributed by atoms with Crippen LogP contribution in [0.3, 0.4) is 0 Å². The van der Waals surface area contributed by atoms with E-state index < -0.39 is 5.54 Å². The van der Waals surface area contributed by atoms with Gasteiger partial charge in [-0.15, -0.1) is 0 Å². The van der Waals surface area contributed by atoms with Crippen molar-refractivity contribution in [2.45, 2.75) is 51.1 Å². The summed E-state index contributed by atoms with van der Waals surface area (Å²) in [4.78, 5) is 16.0. The van der Waals surface area contributed by atoms with Gasteiger partial charge in [0.2, 0.25) is 0 Å². The summed E-state index contributed by atoms with van der Waals surface area (Å²) in [7, 11) is 0. The zero-order valence-corrected chi connectivity index (χ0v) is 8.98. The first-order chi connectivity index (χ1) is 6.41. The van der Waals surface area contributed by atoms with Crippen molar-refractivity contribution in [1.29, 1.82) is 0 Å². The van der Waals surface area contributed by atoms with Crippen LogP contribution < -0.4 is 10.6 Å². The highest BCUT2D eigenvalue weighted by atomic mass is 16.2. The average Bonchev–Trinajstić information content (AvgIpc) is 2.21. The van der Waals surface area contributed by atoms with E-state index in [2.05, 4.69) is 15.6 Å². The molecule has 1 spiro atoms. The Kier molecular flexibility index (Phi) is 1.84. The van der Waals surface area contributed by atoms with Gasteiger partial charge in [-0.1, -0.05) is 0 Å². The average molecular weight is 195 g/mol. The van der Waals surface area contributed by atoms with Crippen molar-refractivity contribution in [3.63, 3.8) is 0 Å². The second kappa shape index (κ2) is 2.72. The lowest BCUT2D eigenvalue weighted by atomic mass is 9.77. The lowest BCUT2D eigenvalue weighted by molar-refractivity contribution is -0.126. The maximum Gasteiger partial charge on any atom is 0.254 e. The molecule has 2 N–H and O–H groups in total. The van der Waals surface area contributed by atoms with E-state index in [0.29, 0.717) is 5.96 Å². The van der Waals surface area contributed by atoms with E-state index in [4.69, 9.17) is 0 Å². The summed E-state index contributed by atoms with van der Waals surface area (Å²) in [6, 6.07) is 0. The van der Waals surface area contributed by atoms with Crippen molar-refractivity contribution in [3.05, 3.63) is 0 Å². The molecule has 0 atom stereocenters. The first-order valence-corrected chi connectivity index (χ1v) is 5.11. The van der Waals surface area contributed by atoms with Gasteiger partial charge in [0.25, 0.3) is 5.91 Å². The number of amides is 1. The molecule has 1 fully saturated rings. The number of guanidine groups is 1. The monoisotopic (exact) mass is 195 g/mol. The fourth-order valence-electron chi connectivity index (χ4n) is 1.78. The molecule has 0 aromatic carbocycles. The third-order valence-electron chi connectivity index (χ3n) is 2.65. The fourth-order valence-corrected chi connectivity index (χ4v) is 1.78. The molecule has 0 unspecified atom stereocenters. The van der Waals surface area contributed by atoms with Gasteiger partial charge < -0.3 is 5.32 Å². The summed E-state index contributed by atoms with van der Waals surface area (Å²) in [5, 5.41) is 5.99. The van der Waals surface area contributed by atoms with Crippen LogP contribution in [0.15, 0.2) is 4.99 Å². The molecule has 2 rings (SSSR count). The molecule has 4 nitrogen and oxygen atoms in total. The molecule has 1 aliphatic carbocycles. The SMILES string of the molecule is CC(C)(C)NC1=NC2(CCC2)C(=O)N1. The Labute approximate surface area is 84.2 Å². The molecule has 0 aromatic heterocycles. The van der Waals surface area contributed by atoms with Crippen LogP contribution in [-0.2, 0) is 4.79 Å². The van der Waals surface area contributed by atoms with Gasteiger partial charge in [-0.25, -0.2) is 4.99 Å². The number of rotatable bonds is 0. The largest absolute Gasteiger partial charge is 0.351 e. The van der Waals surface area contributed by atoms with E-state index in [1.54, 1.807) is 0 Å². The summed E-state index contributed by atoms with van der Waals surface area (Å²) in [6.45, 7) is 6.15. The van der Waals surface area contributed by atoms with E-state index in [9.17, 15) is 4.79 Å². The van der Waals surface area contributed by atoms with Gasteiger partial charge in [-0.3, -0.25) is 10.1 Å². The smallest absolute Gasteiger partial charge is 0.254 e. The van der Waals surface area contributed by atoms with Gasteiger partial charge in [0.1, 0.15) is 5.54 Å². The second-order valence-corrected chi connectivity index (χ2v) is 5.17. The molecule has 78 valence electrons. The molecule has 0 aromatic rings. The number of carbonyl (C=O) groups is 1. The van der Waals surface area contributed by atoms with Gasteiger partial charge >= 0.3 is 0 Å². The van der Waals surface area contributed by atoms with Crippen LogP contribution >= 0.6 is 0 Å². The highest BCUT2D eigenvalue weighted by Gasteiger charge is 2.48. The van der Waals surface area contributed by atoms with Gasteiger partial charge in [0.15, 0.2) is 5.96 Å². The van der Waals surface area contributed by atoms with Crippen LogP contribution in [-0.4, -0.2) is 22.9 Å². The minimum atomic E-state index is -0.409. The molecule has 1 aliphatic heterocycles. The fraction of sp³-hybridized carbons (Fsp3) is 0.800. The number of aliphatic imine (C=N–C) groups is 1. The molecule has 4 heteroatoms. The summed E-state index contributed by atoms with van der Waals surface area (Å²) in [6.07, 6.45) is 2.90. The number of hydrogen-bond acceptors (Lipinski definition) is 3. The van der Waals surface area contributed by atoms with E-state index in [1.165, 1.54) is 0 Å². The minimum Gasteiger partial charge on any atom is -0.351 e. The molecule has 14 heavy (non-hydrogen) atoms. The van der Waals surface area contributed by atoms with Crippen molar-refractivity contribution in [1.82, 2.24) is 10.6 Å². The van der Waals surface area contributed by atoms with Crippen LogP contribution in [0.2, 0.25) is 0 Å².